The van der Waals surface area contributed by atoms with Crippen LogP contribution in [0.1, 0.15) is 59.5 Å². The van der Waals surface area contributed by atoms with Gasteiger partial charge in [-0.1, -0.05) is 12.1 Å². The summed E-state index contributed by atoms with van der Waals surface area (Å²) in [5.41, 5.74) is 2.51. The molecule has 1 aliphatic carbocycles. The highest BCUT2D eigenvalue weighted by molar-refractivity contribution is 7.15. The standard InChI is InChI=1S/C27H32F3N5OS/c28-27(29,30)12-14-32-26-34-23-17-35(16-11-24(23)37-26)15-10-18-6-8-19(9-7-18)33-25(36)21-3-1-5-22-20(21)4-2-13-31-22/h1-5,13,18-19H,6-12,14-17H2,(H,32,34)(H,33,36)/t18-,19-. The van der Waals surface area contributed by atoms with Gasteiger partial charge in [0.2, 0.25) is 0 Å². The minimum atomic E-state index is -4.15. The molecule has 0 unspecified atom stereocenters. The highest BCUT2D eigenvalue weighted by Crippen LogP contribution is 2.31. The van der Waals surface area contributed by atoms with Crippen molar-refractivity contribution in [3.05, 3.63) is 52.7 Å². The number of benzene rings is 1. The number of anilines is 1. The number of carbonyl (C=O) groups is 1. The summed E-state index contributed by atoms with van der Waals surface area (Å²) in [5, 5.41) is 7.54. The van der Waals surface area contributed by atoms with Crippen LogP contribution in [0.2, 0.25) is 0 Å². The van der Waals surface area contributed by atoms with Gasteiger partial charge < -0.3 is 10.6 Å². The third-order valence-electron chi connectivity index (χ3n) is 7.42. The van der Waals surface area contributed by atoms with E-state index in [-0.39, 0.29) is 18.5 Å². The van der Waals surface area contributed by atoms with Crippen molar-refractivity contribution < 1.29 is 18.0 Å². The van der Waals surface area contributed by atoms with Crippen LogP contribution in [-0.2, 0) is 13.0 Å². The van der Waals surface area contributed by atoms with Gasteiger partial charge in [0.05, 0.1) is 17.6 Å². The number of rotatable bonds is 8. The van der Waals surface area contributed by atoms with Gasteiger partial charge in [-0.2, -0.15) is 13.2 Å². The number of aromatic nitrogens is 2. The molecule has 1 fully saturated rings. The van der Waals surface area contributed by atoms with E-state index < -0.39 is 12.6 Å². The Morgan fingerprint density at radius 3 is 2.78 bits per heavy atom. The highest BCUT2D eigenvalue weighted by Gasteiger charge is 2.28. The van der Waals surface area contributed by atoms with Crippen molar-refractivity contribution in [2.24, 2.45) is 5.92 Å². The number of alkyl halides is 3. The fourth-order valence-corrected chi connectivity index (χ4v) is 6.34. The van der Waals surface area contributed by atoms with E-state index in [1.807, 2.05) is 30.3 Å². The molecule has 2 N–H and O–H groups in total. The Bertz CT molecular complexity index is 1220. The van der Waals surface area contributed by atoms with E-state index in [1.165, 1.54) is 16.2 Å². The molecule has 10 heteroatoms. The van der Waals surface area contributed by atoms with E-state index in [1.54, 1.807) is 6.20 Å². The molecule has 1 aromatic carbocycles. The Morgan fingerprint density at radius 1 is 1.14 bits per heavy atom. The smallest absolute Gasteiger partial charge is 0.361 e. The summed E-state index contributed by atoms with van der Waals surface area (Å²) in [6, 6.07) is 9.65. The molecule has 198 valence electrons. The Morgan fingerprint density at radius 2 is 1.97 bits per heavy atom. The maximum atomic E-state index is 12.9. The Hall–Kier alpha value is -2.72. The van der Waals surface area contributed by atoms with Crippen LogP contribution in [0.3, 0.4) is 0 Å². The maximum Gasteiger partial charge on any atom is 0.390 e. The second kappa shape index (κ2) is 11.3. The van der Waals surface area contributed by atoms with E-state index >= 15 is 0 Å². The van der Waals surface area contributed by atoms with Crippen LogP contribution < -0.4 is 10.6 Å². The van der Waals surface area contributed by atoms with Gasteiger partial charge in [-0.15, -0.1) is 11.3 Å². The molecule has 6 nitrogen and oxygen atoms in total. The molecule has 1 saturated carbocycles. The van der Waals surface area contributed by atoms with Crippen LogP contribution in [0, 0.1) is 5.92 Å². The van der Waals surface area contributed by atoms with Crippen LogP contribution in [-0.4, -0.2) is 52.6 Å². The molecule has 0 bridgehead atoms. The fraction of sp³-hybridized carbons (Fsp3) is 0.519. The first kappa shape index (κ1) is 25.9. The lowest BCUT2D eigenvalue weighted by atomic mass is 9.84. The van der Waals surface area contributed by atoms with E-state index in [9.17, 15) is 18.0 Å². The molecule has 2 aromatic heterocycles. The van der Waals surface area contributed by atoms with Gasteiger partial charge in [0.25, 0.3) is 5.91 Å². The summed E-state index contributed by atoms with van der Waals surface area (Å²) < 4.78 is 37.2. The molecule has 0 spiro atoms. The monoisotopic (exact) mass is 531 g/mol. The lowest BCUT2D eigenvalue weighted by molar-refractivity contribution is -0.131. The van der Waals surface area contributed by atoms with E-state index in [0.29, 0.717) is 16.6 Å². The van der Waals surface area contributed by atoms with E-state index in [2.05, 4.69) is 25.5 Å². The largest absolute Gasteiger partial charge is 0.390 e. The van der Waals surface area contributed by atoms with Gasteiger partial charge in [-0.05, 0) is 69.2 Å². The first-order valence-electron chi connectivity index (χ1n) is 13.0. The SMILES string of the molecule is O=C(N[C@H]1CC[C@H](CCN2CCc3sc(NCCC(F)(F)F)nc3C2)CC1)c1cccc2ncccc12. The summed E-state index contributed by atoms with van der Waals surface area (Å²) in [6.07, 6.45) is 2.93. The minimum Gasteiger partial charge on any atom is -0.361 e. The average Bonchev–Trinajstić information content (AvgIpc) is 3.29. The molecular formula is C27H32F3N5OS. The number of fused-ring (bicyclic) bond motifs is 2. The third kappa shape index (κ3) is 6.78. The van der Waals surface area contributed by atoms with Crippen molar-refractivity contribution >= 4 is 33.3 Å². The van der Waals surface area contributed by atoms with Gasteiger partial charge in [0.1, 0.15) is 0 Å². The van der Waals surface area contributed by atoms with E-state index in [0.717, 1.165) is 74.8 Å². The van der Waals surface area contributed by atoms with Crippen LogP contribution >= 0.6 is 11.3 Å². The number of thiazole rings is 1. The minimum absolute atomic E-state index is 0.0262. The molecule has 0 radical (unpaired) electrons. The molecular weight excluding hydrogens is 499 g/mol. The van der Waals surface area contributed by atoms with Crippen molar-refractivity contribution in [3.63, 3.8) is 0 Å². The van der Waals surface area contributed by atoms with Crippen molar-refractivity contribution in [2.45, 2.75) is 63.7 Å². The number of halogens is 3. The number of hydrogen-bond acceptors (Lipinski definition) is 6. The Labute approximate surface area is 218 Å². The molecule has 2 aliphatic rings. The van der Waals surface area contributed by atoms with Crippen LogP contribution in [0.4, 0.5) is 18.3 Å². The second-order valence-corrected chi connectivity index (χ2v) is 11.1. The Kier molecular flexibility index (Phi) is 7.95. The third-order valence-corrected chi connectivity index (χ3v) is 8.53. The number of nitrogens with one attached hydrogen (secondary N) is 2. The van der Waals surface area contributed by atoms with Gasteiger partial charge in [-0.25, -0.2) is 4.98 Å². The number of carbonyl (C=O) groups excluding carboxylic acids is 1. The lowest BCUT2D eigenvalue weighted by Gasteiger charge is -2.32. The number of pyridine rings is 1. The fourth-order valence-electron chi connectivity index (χ4n) is 5.36. The molecule has 0 atom stereocenters. The summed E-state index contributed by atoms with van der Waals surface area (Å²) in [7, 11) is 0. The zero-order chi connectivity index (χ0) is 25.8. The molecule has 37 heavy (non-hydrogen) atoms. The summed E-state index contributed by atoms with van der Waals surface area (Å²) >= 11 is 1.48. The van der Waals surface area contributed by atoms with Crippen molar-refractivity contribution in [1.29, 1.82) is 0 Å². The molecule has 0 saturated heterocycles. The van der Waals surface area contributed by atoms with Crippen molar-refractivity contribution in [2.75, 3.05) is 25.0 Å². The quantitative estimate of drug-likeness (QED) is 0.385. The predicted molar refractivity (Wildman–Crippen MR) is 140 cm³/mol. The topological polar surface area (TPSA) is 70.2 Å². The van der Waals surface area contributed by atoms with Crippen LogP contribution in [0.15, 0.2) is 36.5 Å². The van der Waals surface area contributed by atoms with Gasteiger partial charge in [-0.3, -0.25) is 14.7 Å². The maximum absolute atomic E-state index is 12.9. The van der Waals surface area contributed by atoms with Gasteiger partial charge in [0, 0.05) is 47.7 Å². The molecule has 5 rings (SSSR count). The zero-order valence-corrected chi connectivity index (χ0v) is 21.5. The molecule has 1 amide bonds. The zero-order valence-electron chi connectivity index (χ0n) is 20.7. The average molecular weight is 532 g/mol. The molecule has 3 heterocycles. The van der Waals surface area contributed by atoms with Crippen LogP contribution in [0.25, 0.3) is 10.9 Å². The number of hydrogen-bond donors (Lipinski definition) is 2. The Balaban J connectivity index is 1.04. The first-order valence-corrected chi connectivity index (χ1v) is 13.8. The highest BCUT2D eigenvalue weighted by atomic mass is 32.1. The summed E-state index contributed by atoms with van der Waals surface area (Å²) in [5.74, 6) is 0.619. The summed E-state index contributed by atoms with van der Waals surface area (Å²) in [4.78, 5) is 25.4. The predicted octanol–water partition coefficient (Wildman–Crippen LogP) is 5.79. The van der Waals surface area contributed by atoms with Gasteiger partial charge in [0.15, 0.2) is 5.13 Å². The lowest BCUT2D eigenvalue weighted by Crippen LogP contribution is -2.38. The molecule has 3 aromatic rings. The van der Waals surface area contributed by atoms with Crippen LogP contribution in [0.5, 0.6) is 0 Å². The normalized spacial score (nSPS) is 20.5. The van der Waals surface area contributed by atoms with E-state index in [4.69, 9.17) is 0 Å². The number of nitrogens with zero attached hydrogens (tertiary/aromatic N) is 3. The number of amides is 1. The van der Waals surface area contributed by atoms with Crippen molar-refractivity contribution in [3.8, 4) is 0 Å². The van der Waals surface area contributed by atoms with Crippen molar-refractivity contribution in [1.82, 2.24) is 20.2 Å². The van der Waals surface area contributed by atoms with Gasteiger partial charge >= 0.3 is 6.18 Å². The second-order valence-electron chi connectivity index (χ2n) is 10.1. The summed E-state index contributed by atoms with van der Waals surface area (Å²) in [6.45, 7) is 2.58. The first-order chi connectivity index (χ1) is 17.8. The molecule has 1 aliphatic heterocycles.